The molecule has 0 radical (unpaired) electrons. The van der Waals surface area contributed by atoms with Crippen LogP contribution in [-0.4, -0.2) is 11.8 Å². The molecule has 70 valence electrons. The second-order valence-electron chi connectivity index (χ2n) is 4.06. The highest BCUT2D eigenvalue weighted by Gasteiger charge is 2.23. The van der Waals surface area contributed by atoms with E-state index in [2.05, 4.69) is 0 Å². The van der Waals surface area contributed by atoms with E-state index in [1.54, 1.807) is 0 Å². The number of carbonyl (C=O) groups excluding carboxylic acids is 1. The highest BCUT2D eigenvalue weighted by molar-refractivity contribution is 5.78. The maximum Gasteiger partial charge on any atom is 0.133 e. The molecule has 2 nitrogen and oxygen atoms in total. The van der Waals surface area contributed by atoms with Gasteiger partial charge in [-0.2, -0.15) is 0 Å². The number of Topliss-reactive ketones (excluding diaryl/α,β-unsaturated/α-hetero) is 1. The van der Waals surface area contributed by atoms with Gasteiger partial charge in [-0.1, -0.05) is 0 Å². The van der Waals surface area contributed by atoms with Gasteiger partial charge in [0.1, 0.15) is 5.78 Å². The summed E-state index contributed by atoms with van der Waals surface area (Å²) in [6.45, 7) is 1.99. The third-order valence-corrected chi connectivity index (χ3v) is 2.33. The Labute approximate surface area is 74.5 Å². The number of ketones is 1. The quantitative estimate of drug-likeness (QED) is 0.659. The molecule has 2 heteroatoms. The highest BCUT2D eigenvalue weighted by atomic mass is 16.1. The maximum absolute atomic E-state index is 11.2. The van der Waals surface area contributed by atoms with E-state index in [4.69, 9.17) is 5.73 Å². The molecule has 1 saturated carbocycles. The van der Waals surface area contributed by atoms with Crippen LogP contribution in [0.4, 0.5) is 0 Å². The lowest BCUT2D eigenvalue weighted by Crippen LogP contribution is -2.14. The average Bonchev–Trinajstić information content (AvgIpc) is 2.70. The molecule has 1 unspecified atom stereocenters. The predicted octanol–water partition coefficient (Wildman–Crippen LogP) is 1.87. The Morgan fingerprint density at radius 2 is 2.25 bits per heavy atom. The van der Waals surface area contributed by atoms with Gasteiger partial charge in [-0.15, -0.1) is 0 Å². The zero-order valence-electron chi connectivity index (χ0n) is 7.88. The van der Waals surface area contributed by atoms with Gasteiger partial charge in [-0.05, 0) is 38.5 Å². The van der Waals surface area contributed by atoms with Gasteiger partial charge < -0.3 is 5.73 Å². The first-order chi connectivity index (χ1) is 5.68. The molecule has 0 spiro atoms. The Hall–Kier alpha value is -0.370. The monoisotopic (exact) mass is 169 g/mol. The minimum Gasteiger partial charge on any atom is -0.328 e. The molecule has 0 aliphatic heterocycles. The van der Waals surface area contributed by atoms with E-state index in [0.717, 1.165) is 31.6 Å². The van der Waals surface area contributed by atoms with E-state index in [-0.39, 0.29) is 6.04 Å². The van der Waals surface area contributed by atoms with E-state index < -0.39 is 0 Å². The van der Waals surface area contributed by atoms with E-state index in [1.165, 1.54) is 12.8 Å². The van der Waals surface area contributed by atoms with Crippen LogP contribution in [-0.2, 0) is 4.79 Å². The lowest BCUT2D eigenvalue weighted by Gasteiger charge is -2.03. The highest BCUT2D eigenvalue weighted by Crippen LogP contribution is 2.32. The van der Waals surface area contributed by atoms with Crippen LogP contribution in [0.5, 0.6) is 0 Å². The first-order valence-electron chi connectivity index (χ1n) is 4.95. The van der Waals surface area contributed by atoms with E-state index in [1.807, 2.05) is 6.92 Å². The Bertz CT molecular complexity index is 150. The van der Waals surface area contributed by atoms with Gasteiger partial charge in [0.15, 0.2) is 0 Å². The average molecular weight is 169 g/mol. The molecule has 0 heterocycles. The van der Waals surface area contributed by atoms with E-state index in [9.17, 15) is 4.79 Å². The van der Waals surface area contributed by atoms with Gasteiger partial charge in [-0.3, -0.25) is 4.79 Å². The summed E-state index contributed by atoms with van der Waals surface area (Å²) in [6, 6.07) is 0.249. The standard InChI is InChI=1S/C10H19NO/c1-8(11)3-2-4-10(12)7-9-5-6-9/h8-9H,2-7,11H2,1H3. The van der Waals surface area contributed by atoms with Crippen molar-refractivity contribution in [2.45, 2.75) is 51.5 Å². The minimum atomic E-state index is 0.249. The third kappa shape index (κ3) is 4.50. The van der Waals surface area contributed by atoms with Crippen LogP contribution < -0.4 is 5.73 Å². The van der Waals surface area contributed by atoms with E-state index >= 15 is 0 Å². The molecule has 0 bridgehead atoms. The van der Waals surface area contributed by atoms with Crippen LogP contribution in [0, 0.1) is 5.92 Å². The molecule has 0 aromatic heterocycles. The molecule has 1 atom stereocenters. The summed E-state index contributed by atoms with van der Waals surface area (Å²) in [7, 11) is 0. The van der Waals surface area contributed by atoms with Crippen molar-refractivity contribution in [2.24, 2.45) is 11.7 Å². The van der Waals surface area contributed by atoms with Gasteiger partial charge in [-0.25, -0.2) is 0 Å². The summed E-state index contributed by atoms with van der Waals surface area (Å²) >= 11 is 0. The third-order valence-electron chi connectivity index (χ3n) is 2.33. The topological polar surface area (TPSA) is 43.1 Å². The second kappa shape index (κ2) is 4.61. The summed E-state index contributed by atoms with van der Waals surface area (Å²) in [5.74, 6) is 1.19. The molecule has 12 heavy (non-hydrogen) atoms. The fourth-order valence-electron chi connectivity index (χ4n) is 1.37. The number of nitrogens with two attached hydrogens (primary N) is 1. The predicted molar refractivity (Wildman–Crippen MR) is 49.8 cm³/mol. The Morgan fingerprint density at radius 1 is 1.58 bits per heavy atom. The van der Waals surface area contributed by atoms with Crippen molar-refractivity contribution in [3.8, 4) is 0 Å². The fourth-order valence-corrected chi connectivity index (χ4v) is 1.37. The van der Waals surface area contributed by atoms with Crippen molar-refractivity contribution in [2.75, 3.05) is 0 Å². The van der Waals surface area contributed by atoms with Gasteiger partial charge in [0.2, 0.25) is 0 Å². The molecule has 0 saturated heterocycles. The number of hydrogen-bond donors (Lipinski definition) is 1. The van der Waals surface area contributed by atoms with Crippen LogP contribution in [0.1, 0.15) is 45.4 Å². The molecule has 0 aromatic carbocycles. The van der Waals surface area contributed by atoms with Gasteiger partial charge in [0.25, 0.3) is 0 Å². The molecular weight excluding hydrogens is 150 g/mol. The molecule has 1 rings (SSSR count). The second-order valence-corrected chi connectivity index (χ2v) is 4.06. The summed E-state index contributed by atoms with van der Waals surface area (Å²) in [5.41, 5.74) is 5.58. The first kappa shape index (κ1) is 9.72. The minimum absolute atomic E-state index is 0.249. The van der Waals surface area contributed by atoms with Gasteiger partial charge in [0.05, 0.1) is 0 Å². The van der Waals surface area contributed by atoms with Crippen LogP contribution in [0.15, 0.2) is 0 Å². The largest absolute Gasteiger partial charge is 0.328 e. The first-order valence-corrected chi connectivity index (χ1v) is 4.95. The van der Waals surface area contributed by atoms with Crippen LogP contribution >= 0.6 is 0 Å². The van der Waals surface area contributed by atoms with Crippen LogP contribution in [0.25, 0.3) is 0 Å². The molecule has 1 fully saturated rings. The zero-order chi connectivity index (χ0) is 8.97. The number of rotatable bonds is 6. The molecule has 0 amide bonds. The van der Waals surface area contributed by atoms with Crippen molar-refractivity contribution in [1.29, 1.82) is 0 Å². The van der Waals surface area contributed by atoms with Crippen molar-refractivity contribution in [1.82, 2.24) is 0 Å². The summed E-state index contributed by atoms with van der Waals surface area (Å²) in [6.07, 6.45) is 6.09. The Balaban J connectivity index is 1.94. The normalized spacial score (nSPS) is 19.2. The fraction of sp³-hybridized carbons (Fsp3) is 0.900. The molecular formula is C10H19NO. The van der Waals surface area contributed by atoms with Crippen molar-refractivity contribution in [3.05, 3.63) is 0 Å². The SMILES string of the molecule is CC(N)CCCC(=O)CC1CC1. The smallest absolute Gasteiger partial charge is 0.133 e. The van der Waals surface area contributed by atoms with Crippen molar-refractivity contribution >= 4 is 5.78 Å². The lowest BCUT2D eigenvalue weighted by molar-refractivity contribution is -0.119. The van der Waals surface area contributed by atoms with Crippen LogP contribution in [0.2, 0.25) is 0 Å². The van der Waals surface area contributed by atoms with Crippen molar-refractivity contribution in [3.63, 3.8) is 0 Å². The van der Waals surface area contributed by atoms with Crippen LogP contribution in [0.3, 0.4) is 0 Å². The zero-order valence-corrected chi connectivity index (χ0v) is 7.88. The molecule has 2 N–H and O–H groups in total. The summed E-state index contributed by atoms with van der Waals surface area (Å²) in [4.78, 5) is 11.2. The number of carbonyl (C=O) groups is 1. The molecule has 1 aliphatic carbocycles. The van der Waals surface area contributed by atoms with Gasteiger partial charge >= 0.3 is 0 Å². The number of hydrogen-bond acceptors (Lipinski definition) is 2. The Morgan fingerprint density at radius 3 is 2.75 bits per heavy atom. The lowest BCUT2D eigenvalue weighted by atomic mass is 10.1. The van der Waals surface area contributed by atoms with Gasteiger partial charge in [0, 0.05) is 18.9 Å². The maximum atomic E-state index is 11.2. The Kier molecular flexibility index (Phi) is 3.73. The van der Waals surface area contributed by atoms with Crippen molar-refractivity contribution < 1.29 is 4.79 Å². The van der Waals surface area contributed by atoms with E-state index in [0.29, 0.717) is 5.78 Å². The molecule has 0 aromatic rings. The summed E-state index contributed by atoms with van der Waals surface area (Å²) in [5, 5.41) is 0. The molecule has 1 aliphatic rings. The summed E-state index contributed by atoms with van der Waals surface area (Å²) < 4.78 is 0.